The van der Waals surface area contributed by atoms with Gasteiger partial charge in [0.1, 0.15) is 11.4 Å². The summed E-state index contributed by atoms with van der Waals surface area (Å²) in [5, 5.41) is 13.7. The highest BCUT2D eigenvalue weighted by Crippen LogP contribution is 2.45. The number of fused-ring (bicyclic) bond motifs is 1. The first-order valence-corrected chi connectivity index (χ1v) is 11.0. The van der Waals surface area contributed by atoms with E-state index in [1.807, 2.05) is 0 Å². The number of guanidine groups is 1. The average molecular weight is 458 g/mol. The maximum absolute atomic E-state index is 13.3. The second-order valence-electron chi connectivity index (χ2n) is 6.64. The third kappa shape index (κ3) is 3.57. The Labute approximate surface area is 178 Å². The van der Waals surface area contributed by atoms with E-state index >= 15 is 0 Å². The van der Waals surface area contributed by atoms with Gasteiger partial charge in [-0.3, -0.25) is 10.2 Å². The maximum atomic E-state index is 13.3. The van der Waals surface area contributed by atoms with Crippen molar-refractivity contribution in [1.82, 2.24) is 14.6 Å². The Balaban J connectivity index is 1.67. The second kappa shape index (κ2) is 7.73. The fourth-order valence-electron chi connectivity index (χ4n) is 3.43. The van der Waals surface area contributed by atoms with E-state index in [-0.39, 0.29) is 28.5 Å². The van der Waals surface area contributed by atoms with Crippen molar-refractivity contribution >= 4 is 52.0 Å². The summed E-state index contributed by atoms with van der Waals surface area (Å²) in [5.41, 5.74) is -0.968. The van der Waals surface area contributed by atoms with Crippen LogP contribution in [0.25, 0.3) is 0 Å². The van der Waals surface area contributed by atoms with Gasteiger partial charge in [0.25, 0.3) is 5.91 Å². The van der Waals surface area contributed by atoms with Gasteiger partial charge in [0.15, 0.2) is 5.25 Å². The highest BCUT2D eigenvalue weighted by molar-refractivity contribution is 7.90. The van der Waals surface area contributed by atoms with Crippen LogP contribution in [0.2, 0.25) is 5.02 Å². The monoisotopic (exact) mass is 457 g/mol. The minimum absolute atomic E-state index is 0.00971. The molecular weight excluding hydrogens is 441 g/mol. The SMILES string of the molecule is CN1C(=N)NC2(c3sc(C(=O)Nc4cccc(F)n4)cc3Cl)COCCC2[S+]1[O-]. The molecule has 2 aliphatic heterocycles. The molecule has 3 unspecified atom stereocenters. The van der Waals surface area contributed by atoms with Crippen molar-refractivity contribution in [2.45, 2.75) is 17.2 Å². The number of carbonyl (C=O) groups excluding carboxylic acids is 1. The summed E-state index contributed by atoms with van der Waals surface area (Å²) in [5.74, 6) is -1.12. The number of aromatic nitrogens is 1. The lowest BCUT2D eigenvalue weighted by Gasteiger charge is -2.49. The highest BCUT2D eigenvalue weighted by atomic mass is 35.5. The molecule has 0 aromatic carbocycles. The van der Waals surface area contributed by atoms with E-state index in [0.717, 1.165) is 11.3 Å². The van der Waals surface area contributed by atoms with E-state index in [0.29, 0.717) is 22.9 Å². The number of hydrogen-bond donors (Lipinski definition) is 3. The molecule has 2 aliphatic rings. The summed E-state index contributed by atoms with van der Waals surface area (Å²) in [6.07, 6.45) is 0.514. The van der Waals surface area contributed by atoms with Crippen molar-refractivity contribution in [1.29, 1.82) is 5.41 Å². The molecule has 2 aromatic heterocycles. The lowest BCUT2D eigenvalue weighted by Crippen LogP contribution is -2.70. The number of ether oxygens (including phenoxy) is 1. The molecule has 0 radical (unpaired) electrons. The first-order valence-electron chi connectivity index (χ1n) is 8.64. The van der Waals surface area contributed by atoms with Crippen LogP contribution in [0.3, 0.4) is 0 Å². The predicted octanol–water partition coefficient (Wildman–Crippen LogP) is 2.31. The topological polar surface area (TPSA) is 113 Å². The Morgan fingerprint density at radius 1 is 1.62 bits per heavy atom. The summed E-state index contributed by atoms with van der Waals surface area (Å²) >= 11 is 6.14. The molecule has 8 nitrogen and oxygen atoms in total. The quantitative estimate of drug-likeness (QED) is 0.481. The van der Waals surface area contributed by atoms with E-state index in [2.05, 4.69) is 15.6 Å². The van der Waals surface area contributed by atoms with Gasteiger partial charge < -0.3 is 19.9 Å². The van der Waals surface area contributed by atoms with Gasteiger partial charge in [-0.15, -0.1) is 11.3 Å². The maximum Gasteiger partial charge on any atom is 0.266 e. The molecule has 0 saturated carbocycles. The fourth-order valence-corrected chi connectivity index (χ4v) is 6.59. The van der Waals surface area contributed by atoms with Gasteiger partial charge >= 0.3 is 0 Å². The first-order chi connectivity index (χ1) is 13.8. The molecule has 4 heterocycles. The number of thiophene rings is 1. The molecule has 0 spiro atoms. The second-order valence-corrected chi connectivity index (χ2v) is 9.76. The van der Waals surface area contributed by atoms with Gasteiger partial charge in [0.2, 0.25) is 11.9 Å². The van der Waals surface area contributed by atoms with Crippen LogP contribution in [0, 0.1) is 11.4 Å². The van der Waals surface area contributed by atoms with Crippen molar-refractivity contribution in [3.05, 3.63) is 45.0 Å². The molecule has 3 atom stereocenters. The van der Waals surface area contributed by atoms with Crippen LogP contribution in [0.5, 0.6) is 0 Å². The Hall–Kier alpha value is -1.92. The van der Waals surface area contributed by atoms with Crippen LogP contribution in [-0.2, 0) is 21.6 Å². The van der Waals surface area contributed by atoms with E-state index in [1.165, 1.54) is 28.6 Å². The molecule has 1 amide bonds. The zero-order valence-electron chi connectivity index (χ0n) is 15.2. The Kier molecular flexibility index (Phi) is 5.42. The molecule has 2 saturated heterocycles. The van der Waals surface area contributed by atoms with E-state index in [1.54, 1.807) is 7.05 Å². The number of pyridine rings is 1. The molecule has 0 aliphatic carbocycles. The smallest absolute Gasteiger partial charge is 0.266 e. The van der Waals surface area contributed by atoms with Gasteiger partial charge in [0, 0.05) is 6.42 Å². The van der Waals surface area contributed by atoms with Gasteiger partial charge in [-0.2, -0.15) is 8.70 Å². The number of halogens is 2. The van der Waals surface area contributed by atoms with E-state index < -0.39 is 28.8 Å². The van der Waals surface area contributed by atoms with Crippen LogP contribution < -0.4 is 10.6 Å². The third-order valence-electron chi connectivity index (χ3n) is 4.85. The van der Waals surface area contributed by atoms with Crippen molar-refractivity contribution < 1.29 is 18.5 Å². The summed E-state index contributed by atoms with van der Waals surface area (Å²) in [6, 6.07) is 5.60. The average Bonchev–Trinajstić information content (AvgIpc) is 3.09. The number of anilines is 1. The first kappa shape index (κ1) is 20.4. The van der Waals surface area contributed by atoms with Crippen molar-refractivity contribution in [2.24, 2.45) is 0 Å². The summed E-state index contributed by atoms with van der Waals surface area (Å²) in [4.78, 5) is 17.1. The molecule has 12 heteroatoms. The predicted molar refractivity (Wildman–Crippen MR) is 109 cm³/mol. The highest BCUT2D eigenvalue weighted by Gasteiger charge is 2.58. The number of amides is 1. The number of rotatable bonds is 3. The third-order valence-corrected chi connectivity index (χ3v) is 8.41. The molecule has 154 valence electrons. The zero-order chi connectivity index (χ0) is 20.8. The van der Waals surface area contributed by atoms with Crippen LogP contribution in [0.4, 0.5) is 10.2 Å². The molecular formula is C17H17ClFN5O3S2. The molecule has 3 N–H and O–H groups in total. The van der Waals surface area contributed by atoms with E-state index in [4.69, 9.17) is 21.7 Å². The number of nitrogens with zero attached hydrogens (tertiary/aromatic N) is 2. The molecule has 2 fully saturated rings. The van der Waals surface area contributed by atoms with Crippen LogP contribution in [0.15, 0.2) is 24.3 Å². The minimum atomic E-state index is -1.45. The largest absolute Gasteiger partial charge is 0.593 e. The summed E-state index contributed by atoms with van der Waals surface area (Å²) in [6.45, 7) is 0.620. The van der Waals surface area contributed by atoms with Gasteiger partial charge in [0.05, 0.1) is 46.4 Å². The molecule has 29 heavy (non-hydrogen) atoms. The van der Waals surface area contributed by atoms with Crippen molar-refractivity contribution in [3.8, 4) is 0 Å². The Bertz CT molecular complexity index is 976. The standard InChI is InChI=1S/C17H17ClFN5O3S2/c1-24-16(20)23-17(8-27-6-5-11(17)29(24)26)14-9(18)7-10(28-14)15(25)22-13-4-2-3-12(19)21-13/h2-4,7,11H,5-6,8H2,1H3,(H2,20,23)(H,21,22,25). The van der Waals surface area contributed by atoms with Crippen LogP contribution in [-0.4, -0.2) is 51.2 Å². The lowest BCUT2D eigenvalue weighted by atomic mass is 9.89. The minimum Gasteiger partial charge on any atom is -0.593 e. The zero-order valence-corrected chi connectivity index (χ0v) is 17.6. The van der Waals surface area contributed by atoms with Crippen LogP contribution >= 0.6 is 22.9 Å². The Morgan fingerprint density at radius 3 is 3.17 bits per heavy atom. The van der Waals surface area contributed by atoms with Gasteiger partial charge in [-0.05, 0) is 18.2 Å². The van der Waals surface area contributed by atoms with E-state index in [9.17, 15) is 13.7 Å². The van der Waals surface area contributed by atoms with Crippen LogP contribution in [0.1, 0.15) is 21.0 Å². The normalized spacial score (nSPS) is 26.6. The Morgan fingerprint density at radius 2 is 2.41 bits per heavy atom. The van der Waals surface area contributed by atoms with Crippen molar-refractivity contribution in [3.63, 3.8) is 0 Å². The number of nitrogens with one attached hydrogen (secondary N) is 3. The molecule has 4 rings (SSSR count). The van der Waals surface area contributed by atoms with Gasteiger partial charge in [-0.1, -0.05) is 17.7 Å². The molecule has 0 bridgehead atoms. The summed E-state index contributed by atoms with van der Waals surface area (Å²) < 4.78 is 33.2. The molecule has 2 aromatic rings. The van der Waals surface area contributed by atoms with Crippen molar-refractivity contribution in [2.75, 3.05) is 25.6 Å². The van der Waals surface area contributed by atoms with Gasteiger partial charge in [-0.25, -0.2) is 4.98 Å². The fraction of sp³-hybridized carbons (Fsp3) is 0.353. The lowest BCUT2D eigenvalue weighted by molar-refractivity contribution is 0.0268. The summed E-state index contributed by atoms with van der Waals surface area (Å²) in [7, 11) is 1.59. The number of carbonyl (C=O) groups is 1. The number of hydrogen-bond acceptors (Lipinski definition) is 6.